The van der Waals surface area contributed by atoms with Crippen molar-refractivity contribution in [3.05, 3.63) is 29.7 Å². The number of fused-ring (bicyclic) bond motifs is 1. The van der Waals surface area contributed by atoms with Crippen LogP contribution in [-0.4, -0.2) is 10.7 Å². The number of aromatic hydroxyl groups is 1. The lowest BCUT2D eigenvalue weighted by Gasteiger charge is -2.38. The number of hydrogen-bond donors (Lipinski definition) is 1. The summed E-state index contributed by atoms with van der Waals surface area (Å²) in [5, 5.41) is 10.4. The standard InChI is InChI=1S/C29H50O2.CH3/c1-20(2)12-9-13-21(3)14-10-15-22(4)16-11-18-29(8)19-17-26-25(7)27(30)23(5)24(6)28(26)31-29;/h20-22,30H,9-19H2,1-8H3;1H3/t21-,22-,29-;/m1./s1. The Bertz CT molecular complexity index is 706. The van der Waals surface area contributed by atoms with Crippen molar-refractivity contribution in [1.82, 2.24) is 0 Å². The molecule has 32 heavy (non-hydrogen) atoms. The molecule has 0 aromatic heterocycles. The zero-order valence-electron chi connectivity index (χ0n) is 22.9. The number of ether oxygens (including phenoxy) is 1. The highest BCUT2D eigenvalue weighted by Crippen LogP contribution is 2.44. The largest absolute Gasteiger partial charge is 0.507 e. The van der Waals surface area contributed by atoms with Crippen molar-refractivity contribution >= 4 is 0 Å². The van der Waals surface area contributed by atoms with Crippen molar-refractivity contribution in [3.8, 4) is 11.5 Å². The van der Waals surface area contributed by atoms with Gasteiger partial charge in [0.05, 0.1) is 0 Å². The van der Waals surface area contributed by atoms with Gasteiger partial charge in [-0.15, -0.1) is 0 Å². The van der Waals surface area contributed by atoms with E-state index in [-0.39, 0.29) is 13.0 Å². The Morgan fingerprint density at radius 2 is 1.34 bits per heavy atom. The first-order valence-electron chi connectivity index (χ1n) is 13.0. The number of rotatable bonds is 12. The molecule has 185 valence electrons. The van der Waals surface area contributed by atoms with Gasteiger partial charge in [0.2, 0.25) is 0 Å². The van der Waals surface area contributed by atoms with Gasteiger partial charge in [0.1, 0.15) is 17.1 Å². The van der Waals surface area contributed by atoms with E-state index in [1.54, 1.807) is 0 Å². The SMILES string of the molecule is Cc1c(C)c2c(c(C)c1O)CC[C@@](C)(CCC[C@H](C)CCC[C@H](C)CCCC(C)C)O2.[CH3]. The second kappa shape index (κ2) is 12.9. The van der Waals surface area contributed by atoms with Crippen LogP contribution in [0.15, 0.2) is 0 Å². The Kier molecular flexibility index (Phi) is 11.6. The summed E-state index contributed by atoms with van der Waals surface area (Å²) in [6.45, 7) is 17.9. The molecule has 2 nitrogen and oxygen atoms in total. The van der Waals surface area contributed by atoms with E-state index in [2.05, 4.69) is 41.5 Å². The molecule has 1 heterocycles. The number of benzene rings is 1. The van der Waals surface area contributed by atoms with E-state index in [1.165, 1.54) is 56.9 Å². The molecule has 0 bridgehead atoms. The summed E-state index contributed by atoms with van der Waals surface area (Å²) >= 11 is 0. The van der Waals surface area contributed by atoms with Crippen molar-refractivity contribution < 1.29 is 9.84 Å². The molecule has 1 aliphatic rings. The summed E-state index contributed by atoms with van der Waals surface area (Å²) in [6.07, 6.45) is 14.1. The van der Waals surface area contributed by atoms with E-state index in [0.29, 0.717) is 5.75 Å². The quantitative estimate of drug-likeness (QED) is 0.347. The minimum Gasteiger partial charge on any atom is -0.507 e. The van der Waals surface area contributed by atoms with E-state index in [1.807, 2.05) is 13.8 Å². The van der Waals surface area contributed by atoms with Crippen LogP contribution in [0.25, 0.3) is 0 Å². The monoisotopic (exact) mass is 445 g/mol. The van der Waals surface area contributed by atoms with Crippen LogP contribution >= 0.6 is 0 Å². The Labute approximate surface area is 200 Å². The topological polar surface area (TPSA) is 29.5 Å². The molecule has 0 amide bonds. The van der Waals surface area contributed by atoms with Crippen LogP contribution in [-0.2, 0) is 6.42 Å². The first-order chi connectivity index (χ1) is 14.5. The van der Waals surface area contributed by atoms with Crippen molar-refractivity contribution in [2.75, 3.05) is 0 Å². The fourth-order valence-corrected chi connectivity index (χ4v) is 5.27. The van der Waals surface area contributed by atoms with Crippen molar-refractivity contribution in [2.45, 2.75) is 132 Å². The molecule has 1 aliphatic heterocycles. The predicted molar refractivity (Wildman–Crippen MR) is 141 cm³/mol. The third kappa shape index (κ3) is 7.99. The minimum atomic E-state index is -0.0712. The molecule has 3 atom stereocenters. The molecule has 1 aromatic carbocycles. The Morgan fingerprint density at radius 1 is 0.812 bits per heavy atom. The van der Waals surface area contributed by atoms with Crippen molar-refractivity contribution in [3.63, 3.8) is 0 Å². The molecule has 0 aliphatic carbocycles. The van der Waals surface area contributed by atoms with E-state index in [9.17, 15) is 5.11 Å². The maximum atomic E-state index is 10.4. The first-order valence-corrected chi connectivity index (χ1v) is 13.0. The molecule has 1 radical (unpaired) electrons. The van der Waals surface area contributed by atoms with Crippen LogP contribution in [0.2, 0.25) is 0 Å². The van der Waals surface area contributed by atoms with Crippen LogP contribution in [0.4, 0.5) is 0 Å². The molecule has 0 saturated heterocycles. The summed E-state index contributed by atoms with van der Waals surface area (Å²) in [7, 11) is 0. The zero-order chi connectivity index (χ0) is 23.2. The first kappa shape index (κ1) is 28.9. The van der Waals surface area contributed by atoms with Gasteiger partial charge in [-0.2, -0.15) is 0 Å². The smallest absolute Gasteiger partial charge is 0.127 e. The van der Waals surface area contributed by atoms with Crippen molar-refractivity contribution in [2.24, 2.45) is 17.8 Å². The molecular formula is C30H53O2. The Hall–Kier alpha value is -1.18. The van der Waals surface area contributed by atoms with Crippen LogP contribution in [0.1, 0.15) is 121 Å². The molecule has 0 saturated carbocycles. The number of phenolic OH excluding ortho intramolecular Hbond substituents is 1. The molecule has 0 unspecified atom stereocenters. The number of phenols is 1. The summed E-state index contributed by atoms with van der Waals surface area (Å²) in [5.74, 6) is 4.04. The fraction of sp³-hybridized carbons (Fsp3) is 0.767. The molecule has 1 aromatic rings. The van der Waals surface area contributed by atoms with Gasteiger partial charge in [0.15, 0.2) is 0 Å². The Morgan fingerprint density at radius 3 is 1.91 bits per heavy atom. The summed E-state index contributed by atoms with van der Waals surface area (Å²) in [5.41, 5.74) is 4.23. The lowest BCUT2D eigenvalue weighted by atomic mass is 9.84. The molecule has 0 fully saturated rings. The fourth-order valence-electron chi connectivity index (χ4n) is 5.27. The second-order valence-corrected chi connectivity index (χ2v) is 11.4. The van der Waals surface area contributed by atoms with Gasteiger partial charge >= 0.3 is 0 Å². The van der Waals surface area contributed by atoms with Crippen LogP contribution in [0, 0.1) is 46.0 Å². The van der Waals surface area contributed by atoms with E-state index in [4.69, 9.17) is 4.74 Å². The van der Waals surface area contributed by atoms with Gasteiger partial charge < -0.3 is 9.84 Å². The van der Waals surface area contributed by atoms with Crippen LogP contribution < -0.4 is 4.74 Å². The molecular weight excluding hydrogens is 392 g/mol. The number of hydrogen-bond acceptors (Lipinski definition) is 2. The van der Waals surface area contributed by atoms with Gasteiger partial charge in [0.25, 0.3) is 0 Å². The summed E-state index contributed by atoms with van der Waals surface area (Å²) < 4.78 is 6.60. The normalized spacial score (nSPS) is 19.8. The van der Waals surface area contributed by atoms with E-state index >= 15 is 0 Å². The van der Waals surface area contributed by atoms with Gasteiger partial charge in [-0.05, 0) is 87.8 Å². The summed E-state index contributed by atoms with van der Waals surface area (Å²) in [6, 6.07) is 0. The highest BCUT2D eigenvalue weighted by atomic mass is 16.5. The average Bonchev–Trinajstić information content (AvgIpc) is 2.70. The van der Waals surface area contributed by atoms with Gasteiger partial charge in [-0.3, -0.25) is 0 Å². The van der Waals surface area contributed by atoms with E-state index < -0.39 is 0 Å². The van der Waals surface area contributed by atoms with Crippen LogP contribution in [0.5, 0.6) is 11.5 Å². The lowest BCUT2D eigenvalue weighted by Crippen LogP contribution is -2.37. The van der Waals surface area contributed by atoms with E-state index in [0.717, 1.165) is 59.5 Å². The third-order valence-corrected chi connectivity index (χ3v) is 7.87. The van der Waals surface area contributed by atoms with Gasteiger partial charge in [-0.25, -0.2) is 0 Å². The second-order valence-electron chi connectivity index (χ2n) is 11.4. The molecule has 2 heteroatoms. The molecule has 0 spiro atoms. The van der Waals surface area contributed by atoms with Gasteiger partial charge in [-0.1, -0.05) is 80.1 Å². The van der Waals surface area contributed by atoms with Gasteiger partial charge in [0, 0.05) is 5.56 Å². The lowest BCUT2D eigenvalue weighted by molar-refractivity contribution is 0.0512. The maximum absolute atomic E-state index is 10.4. The summed E-state index contributed by atoms with van der Waals surface area (Å²) in [4.78, 5) is 0. The maximum Gasteiger partial charge on any atom is 0.127 e. The Balaban J connectivity index is 0.00000512. The van der Waals surface area contributed by atoms with Crippen molar-refractivity contribution in [1.29, 1.82) is 0 Å². The highest BCUT2D eigenvalue weighted by Gasteiger charge is 2.34. The zero-order valence-corrected chi connectivity index (χ0v) is 22.9. The minimum absolute atomic E-state index is 0. The van der Waals surface area contributed by atoms with Crippen LogP contribution in [0.3, 0.4) is 0 Å². The molecule has 1 N–H and O–H groups in total. The average molecular weight is 446 g/mol. The molecule has 2 rings (SSSR count). The highest BCUT2D eigenvalue weighted by molar-refractivity contribution is 5.58. The third-order valence-electron chi connectivity index (χ3n) is 7.87. The predicted octanol–water partition coefficient (Wildman–Crippen LogP) is 9.29.